The van der Waals surface area contributed by atoms with E-state index < -0.39 is 40.5 Å². The highest BCUT2D eigenvalue weighted by Gasteiger charge is 2.47. The Morgan fingerprint density at radius 1 is 1.43 bits per heavy atom. The topological polar surface area (TPSA) is 97.8 Å². The lowest BCUT2D eigenvalue weighted by molar-refractivity contribution is 0.0203. The molecule has 0 amide bonds. The van der Waals surface area contributed by atoms with Gasteiger partial charge in [-0.15, -0.1) is 0 Å². The smallest absolute Gasteiger partial charge is 0.341 e. The number of ether oxygens (including phenoxy) is 1. The van der Waals surface area contributed by atoms with Crippen LogP contribution in [0.4, 0.5) is 14.5 Å². The van der Waals surface area contributed by atoms with Gasteiger partial charge in [0.05, 0.1) is 29.4 Å². The number of anilines is 1. The zero-order valence-electron chi connectivity index (χ0n) is 16.5. The van der Waals surface area contributed by atoms with Gasteiger partial charge in [0.15, 0.2) is 0 Å². The zero-order valence-corrected chi connectivity index (χ0v) is 16.5. The number of fused-ring (bicyclic) bond motifs is 2. The number of pyridine rings is 1. The molecule has 7 nitrogen and oxygen atoms in total. The summed E-state index contributed by atoms with van der Waals surface area (Å²) in [6, 6.07) is 0.527. The van der Waals surface area contributed by atoms with Crippen molar-refractivity contribution in [3.63, 3.8) is 0 Å². The number of aromatic carboxylic acids is 1. The number of carbonyl (C=O) groups is 1. The number of rotatable bonds is 3. The molecule has 2 aliphatic heterocycles. The molecule has 1 saturated carbocycles. The molecule has 3 aliphatic rings. The zero-order chi connectivity index (χ0) is 21.4. The maximum atomic E-state index is 15.3. The Labute approximate surface area is 171 Å². The van der Waals surface area contributed by atoms with Crippen LogP contribution in [0.2, 0.25) is 0 Å². The predicted octanol–water partition coefficient (Wildman–Crippen LogP) is 1.98. The van der Waals surface area contributed by atoms with Crippen LogP contribution in [-0.4, -0.2) is 53.7 Å². The van der Waals surface area contributed by atoms with Gasteiger partial charge in [0.1, 0.15) is 17.6 Å². The maximum absolute atomic E-state index is 15.3. The van der Waals surface area contributed by atoms with Crippen LogP contribution in [0.1, 0.15) is 34.8 Å². The Morgan fingerprint density at radius 2 is 2.17 bits per heavy atom. The Balaban J connectivity index is 1.71. The fourth-order valence-electron chi connectivity index (χ4n) is 5.11. The van der Waals surface area contributed by atoms with Gasteiger partial charge >= 0.3 is 5.97 Å². The molecule has 1 aromatic heterocycles. The summed E-state index contributed by atoms with van der Waals surface area (Å²) >= 11 is 0. The lowest BCUT2D eigenvalue weighted by Gasteiger charge is -2.34. The molecule has 2 aromatic rings. The SMILES string of the molecule is Cc1c(N2C[C@H]3CCOC[C@@]3(N)C2)c(F)cc2c(=O)c(C(=O)O)cn(C3C[C@@H]3F)c12. The summed E-state index contributed by atoms with van der Waals surface area (Å²) in [5.41, 5.74) is 5.90. The molecule has 3 heterocycles. The van der Waals surface area contributed by atoms with Crippen molar-refractivity contribution >= 4 is 22.6 Å². The van der Waals surface area contributed by atoms with E-state index in [-0.39, 0.29) is 17.7 Å². The van der Waals surface area contributed by atoms with Crippen molar-refractivity contribution in [3.05, 3.63) is 39.4 Å². The van der Waals surface area contributed by atoms with Crippen molar-refractivity contribution in [3.8, 4) is 0 Å². The molecule has 3 fully saturated rings. The highest BCUT2D eigenvalue weighted by atomic mass is 19.1. The normalized spacial score (nSPS) is 30.5. The fourth-order valence-corrected chi connectivity index (χ4v) is 5.11. The highest BCUT2D eigenvalue weighted by Crippen LogP contribution is 2.44. The average molecular weight is 419 g/mol. The first-order valence-electron chi connectivity index (χ1n) is 10.1. The first-order chi connectivity index (χ1) is 14.2. The highest BCUT2D eigenvalue weighted by molar-refractivity contribution is 5.95. The van der Waals surface area contributed by atoms with Crippen molar-refractivity contribution in [2.24, 2.45) is 11.7 Å². The first-order valence-corrected chi connectivity index (χ1v) is 10.1. The summed E-state index contributed by atoms with van der Waals surface area (Å²) in [7, 11) is 0. The number of nitrogens with two attached hydrogens (primary N) is 1. The Morgan fingerprint density at radius 3 is 2.80 bits per heavy atom. The minimum Gasteiger partial charge on any atom is -0.477 e. The number of hydrogen-bond donors (Lipinski definition) is 2. The molecule has 4 atom stereocenters. The number of halogens is 2. The number of aryl methyl sites for hydroxylation is 1. The van der Waals surface area contributed by atoms with E-state index in [0.717, 1.165) is 12.5 Å². The molecule has 5 rings (SSSR count). The summed E-state index contributed by atoms with van der Waals surface area (Å²) in [6.45, 7) is 3.69. The molecule has 0 bridgehead atoms. The third-order valence-electron chi connectivity index (χ3n) is 6.78. The number of carboxylic acids is 1. The van der Waals surface area contributed by atoms with E-state index in [1.165, 1.54) is 10.8 Å². The predicted molar refractivity (Wildman–Crippen MR) is 106 cm³/mol. The summed E-state index contributed by atoms with van der Waals surface area (Å²) in [4.78, 5) is 26.1. The van der Waals surface area contributed by atoms with Gasteiger partial charge in [-0.25, -0.2) is 13.6 Å². The molecule has 1 aromatic carbocycles. The third kappa shape index (κ3) is 2.75. The van der Waals surface area contributed by atoms with E-state index in [2.05, 4.69) is 0 Å². The van der Waals surface area contributed by atoms with Crippen molar-refractivity contribution in [1.82, 2.24) is 4.57 Å². The van der Waals surface area contributed by atoms with Crippen molar-refractivity contribution in [2.75, 3.05) is 31.2 Å². The molecule has 3 N–H and O–H groups in total. The quantitative estimate of drug-likeness (QED) is 0.790. The summed E-state index contributed by atoms with van der Waals surface area (Å²) < 4.78 is 36.2. The molecule has 1 aliphatic carbocycles. The second-order valence-electron chi connectivity index (χ2n) is 8.78. The Bertz CT molecular complexity index is 1130. The number of nitrogens with zero attached hydrogens (tertiary/aromatic N) is 2. The molecule has 0 spiro atoms. The van der Waals surface area contributed by atoms with Crippen LogP contribution >= 0.6 is 0 Å². The lowest BCUT2D eigenvalue weighted by atomic mass is 9.85. The van der Waals surface area contributed by atoms with Gasteiger partial charge in [-0.2, -0.15) is 0 Å². The third-order valence-corrected chi connectivity index (χ3v) is 6.78. The van der Waals surface area contributed by atoms with E-state index >= 15 is 4.39 Å². The van der Waals surface area contributed by atoms with Gasteiger partial charge in [-0.3, -0.25) is 4.79 Å². The molecule has 1 unspecified atom stereocenters. The summed E-state index contributed by atoms with van der Waals surface area (Å²) in [5.74, 6) is -1.86. The minimum atomic E-state index is -1.41. The number of hydrogen-bond acceptors (Lipinski definition) is 5. The standard InChI is InChI=1S/C21H23F2N3O4/c1-10-17-12(19(27)13(20(28)29)7-26(17)16-5-14(16)22)4-15(23)18(10)25-6-11-2-3-30-9-21(11,24)8-25/h4,7,11,14,16H,2-3,5-6,8-9,24H2,1H3,(H,28,29)/t11-,14+,16?,21+/m1/s1. The number of alkyl halides is 1. The van der Waals surface area contributed by atoms with E-state index in [9.17, 15) is 19.1 Å². The van der Waals surface area contributed by atoms with Gasteiger partial charge in [0.2, 0.25) is 5.43 Å². The number of benzene rings is 1. The summed E-state index contributed by atoms with van der Waals surface area (Å²) in [5, 5.41) is 9.35. The average Bonchev–Trinajstić information content (AvgIpc) is 3.29. The molecule has 9 heteroatoms. The maximum Gasteiger partial charge on any atom is 0.341 e. The fraction of sp³-hybridized carbons (Fsp3) is 0.524. The molecule has 160 valence electrons. The summed E-state index contributed by atoms with van der Waals surface area (Å²) in [6.07, 6.45) is 1.09. The molecular formula is C21H23F2N3O4. The van der Waals surface area contributed by atoms with Gasteiger partial charge < -0.3 is 25.0 Å². The first kappa shape index (κ1) is 19.4. The second-order valence-corrected chi connectivity index (χ2v) is 8.78. The molecule has 0 radical (unpaired) electrons. The van der Waals surface area contributed by atoms with Gasteiger partial charge in [-0.05, 0) is 25.0 Å². The van der Waals surface area contributed by atoms with Crippen LogP contribution in [0.3, 0.4) is 0 Å². The number of carboxylic acid groups (broad SMARTS) is 1. The molecule has 30 heavy (non-hydrogen) atoms. The van der Waals surface area contributed by atoms with E-state index in [1.54, 1.807) is 6.92 Å². The molecule has 2 saturated heterocycles. The van der Waals surface area contributed by atoms with Gasteiger partial charge in [0, 0.05) is 43.6 Å². The van der Waals surface area contributed by atoms with Gasteiger partial charge in [-0.1, -0.05) is 0 Å². The lowest BCUT2D eigenvalue weighted by Crippen LogP contribution is -2.54. The van der Waals surface area contributed by atoms with Gasteiger partial charge in [0.25, 0.3) is 0 Å². The van der Waals surface area contributed by atoms with Crippen molar-refractivity contribution in [1.29, 1.82) is 0 Å². The van der Waals surface area contributed by atoms with E-state index in [1.807, 2.05) is 4.90 Å². The molecular weight excluding hydrogens is 396 g/mol. The van der Waals surface area contributed by atoms with E-state index in [0.29, 0.717) is 43.1 Å². The Kier molecular flexibility index (Phi) is 4.20. The number of aromatic nitrogens is 1. The van der Waals surface area contributed by atoms with Crippen molar-refractivity contribution in [2.45, 2.75) is 37.5 Å². The van der Waals surface area contributed by atoms with Crippen molar-refractivity contribution < 1.29 is 23.4 Å². The van der Waals surface area contributed by atoms with Crippen LogP contribution < -0.4 is 16.1 Å². The second kappa shape index (κ2) is 6.49. The minimum absolute atomic E-state index is 0.0461. The Hall–Kier alpha value is -2.52. The largest absolute Gasteiger partial charge is 0.477 e. The van der Waals surface area contributed by atoms with Crippen LogP contribution in [0.15, 0.2) is 17.1 Å². The van der Waals surface area contributed by atoms with Crippen LogP contribution in [-0.2, 0) is 4.74 Å². The monoisotopic (exact) mass is 419 g/mol. The van der Waals surface area contributed by atoms with Crippen LogP contribution in [0.5, 0.6) is 0 Å². The van der Waals surface area contributed by atoms with Crippen LogP contribution in [0, 0.1) is 18.7 Å². The van der Waals surface area contributed by atoms with E-state index in [4.69, 9.17) is 10.5 Å². The van der Waals surface area contributed by atoms with Crippen LogP contribution in [0.25, 0.3) is 10.9 Å².